The number of ketones is 1. The molecule has 0 aliphatic carbocycles. The third kappa shape index (κ3) is 9.65. The monoisotopic (exact) mass is 230 g/mol. The van der Waals surface area contributed by atoms with E-state index in [1.54, 1.807) is 0 Å². The molecule has 0 N–H and O–H groups in total. The highest BCUT2D eigenvalue weighted by Gasteiger charge is 2.10. The van der Waals surface area contributed by atoms with E-state index in [4.69, 9.17) is 9.47 Å². The van der Waals surface area contributed by atoms with Gasteiger partial charge in [0.15, 0.2) is 5.78 Å². The molecule has 94 valence electrons. The number of carbonyl (C=O) groups is 2. The zero-order valence-electron chi connectivity index (χ0n) is 10.3. The highest BCUT2D eigenvalue weighted by Crippen LogP contribution is 1.95. The van der Waals surface area contributed by atoms with Gasteiger partial charge in [0.25, 0.3) is 0 Å². The van der Waals surface area contributed by atoms with E-state index >= 15 is 0 Å². The summed E-state index contributed by atoms with van der Waals surface area (Å²) < 4.78 is 9.97. The Hall–Kier alpha value is -0.900. The van der Waals surface area contributed by atoms with Gasteiger partial charge >= 0.3 is 5.97 Å². The predicted molar refractivity (Wildman–Crippen MR) is 61.2 cm³/mol. The summed E-state index contributed by atoms with van der Waals surface area (Å²) >= 11 is 0. The Labute approximate surface area is 97.3 Å². The van der Waals surface area contributed by atoms with E-state index in [0.717, 1.165) is 25.7 Å². The van der Waals surface area contributed by atoms with E-state index < -0.39 is 5.97 Å². The van der Waals surface area contributed by atoms with Crippen LogP contribution in [0.3, 0.4) is 0 Å². The molecule has 0 aliphatic heterocycles. The van der Waals surface area contributed by atoms with Crippen LogP contribution in [0.15, 0.2) is 0 Å². The number of hydrogen-bond donors (Lipinski definition) is 0. The summed E-state index contributed by atoms with van der Waals surface area (Å²) in [4.78, 5) is 22.3. The van der Waals surface area contributed by atoms with Crippen LogP contribution in [0, 0.1) is 0 Å². The minimum absolute atomic E-state index is 0.0167. The number of Topliss-reactive ketones (excluding diaryl/α,β-unsaturated/α-hetero) is 1. The smallest absolute Gasteiger partial charge is 0.313 e. The Bertz CT molecular complexity index is 201. The molecule has 0 amide bonds. The van der Waals surface area contributed by atoms with Crippen LogP contribution in [0.4, 0.5) is 0 Å². The second-order valence-electron chi connectivity index (χ2n) is 3.70. The first-order chi connectivity index (χ1) is 7.70. The first-order valence-electron chi connectivity index (χ1n) is 5.95. The van der Waals surface area contributed by atoms with Crippen molar-refractivity contribution in [3.63, 3.8) is 0 Å². The molecule has 0 saturated heterocycles. The van der Waals surface area contributed by atoms with Crippen LogP contribution in [0.1, 0.15) is 46.0 Å². The third-order valence-electron chi connectivity index (χ3n) is 2.01. The van der Waals surface area contributed by atoms with Crippen molar-refractivity contribution in [1.29, 1.82) is 0 Å². The minimum Gasteiger partial charge on any atom is -0.465 e. The summed E-state index contributed by atoms with van der Waals surface area (Å²) in [5, 5.41) is 0. The summed E-state index contributed by atoms with van der Waals surface area (Å²) in [5.41, 5.74) is 0. The maximum absolute atomic E-state index is 11.2. The van der Waals surface area contributed by atoms with Gasteiger partial charge in [-0.3, -0.25) is 9.59 Å². The maximum Gasteiger partial charge on any atom is 0.313 e. The molecule has 0 aromatic heterocycles. The average Bonchev–Trinajstić information content (AvgIpc) is 2.25. The van der Waals surface area contributed by atoms with E-state index in [2.05, 4.69) is 6.92 Å². The van der Waals surface area contributed by atoms with Gasteiger partial charge in [-0.1, -0.05) is 26.7 Å². The Morgan fingerprint density at radius 2 is 1.62 bits per heavy atom. The Morgan fingerprint density at radius 3 is 2.25 bits per heavy atom. The fourth-order valence-electron chi connectivity index (χ4n) is 1.03. The van der Waals surface area contributed by atoms with Gasteiger partial charge in [-0.15, -0.1) is 0 Å². The second-order valence-corrected chi connectivity index (χ2v) is 3.70. The molecule has 0 fully saturated rings. The van der Waals surface area contributed by atoms with Crippen molar-refractivity contribution < 1.29 is 19.1 Å². The van der Waals surface area contributed by atoms with Gasteiger partial charge < -0.3 is 9.47 Å². The van der Waals surface area contributed by atoms with E-state index in [-0.39, 0.29) is 18.8 Å². The lowest BCUT2D eigenvalue weighted by molar-refractivity contribution is -0.147. The van der Waals surface area contributed by atoms with Gasteiger partial charge in [0.05, 0.1) is 6.61 Å². The lowest BCUT2D eigenvalue weighted by Gasteiger charge is -2.04. The molecule has 0 rings (SSSR count). The van der Waals surface area contributed by atoms with Crippen LogP contribution >= 0.6 is 0 Å². The van der Waals surface area contributed by atoms with E-state index in [0.29, 0.717) is 13.2 Å². The molecule has 0 saturated carbocycles. The molecule has 0 bridgehead atoms. The quantitative estimate of drug-likeness (QED) is 0.327. The molecule has 4 heteroatoms. The highest BCUT2D eigenvalue weighted by atomic mass is 16.5. The second kappa shape index (κ2) is 10.6. The number of hydrogen-bond acceptors (Lipinski definition) is 4. The topological polar surface area (TPSA) is 52.6 Å². The number of ether oxygens (including phenoxy) is 2. The lowest BCUT2D eigenvalue weighted by atomic mass is 10.3. The van der Waals surface area contributed by atoms with Gasteiger partial charge in [-0.05, 0) is 12.8 Å². The zero-order valence-corrected chi connectivity index (χ0v) is 10.3. The van der Waals surface area contributed by atoms with Crippen molar-refractivity contribution in [3.8, 4) is 0 Å². The van der Waals surface area contributed by atoms with Crippen molar-refractivity contribution in [2.24, 2.45) is 0 Å². The Balaban J connectivity index is 3.43. The molecule has 0 spiro atoms. The molecule has 0 aromatic rings. The fraction of sp³-hybridized carbons (Fsp3) is 0.833. The number of esters is 1. The summed E-state index contributed by atoms with van der Waals surface area (Å²) in [5.74, 6) is -0.657. The zero-order chi connectivity index (χ0) is 12.2. The first-order valence-corrected chi connectivity index (χ1v) is 5.95. The Morgan fingerprint density at radius 1 is 1.00 bits per heavy atom. The standard InChI is InChI=1S/C12H22O4/c1-3-5-7-15-10-11(13)9-12(14)16-8-6-4-2/h3-10H2,1-2H3. The molecule has 0 heterocycles. The maximum atomic E-state index is 11.2. The van der Waals surface area contributed by atoms with E-state index in [1.165, 1.54) is 0 Å². The summed E-state index contributed by atoms with van der Waals surface area (Å²) in [6.45, 7) is 5.06. The third-order valence-corrected chi connectivity index (χ3v) is 2.01. The number of carbonyl (C=O) groups excluding carboxylic acids is 2. The van der Waals surface area contributed by atoms with Crippen molar-refractivity contribution >= 4 is 11.8 Å². The molecule has 0 atom stereocenters. The SMILES string of the molecule is CCCCOCC(=O)CC(=O)OCCCC. The van der Waals surface area contributed by atoms with Gasteiger partial charge in [0, 0.05) is 6.61 Å². The van der Waals surface area contributed by atoms with Crippen LogP contribution in [0.5, 0.6) is 0 Å². The van der Waals surface area contributed by atoms with Crippen molar-refractivity contribution in [3.05, 3.63) is 0 Å². The molecule has 16 heavy (non-hydrogen) atoms. The van der Waals surface area contributed by atoms with Crippen LogP contribution in [-0.2, 0) is 19.1 Å². The minimum atomic E-state index is -0.447. The van der Waals surface area contributed by atoms with Gasteiger partial charge in [0.2, 0.25) is 0 Å². The van der Waals surface area contributed by atoms with Gasteiger partial charge in [-0.2, -0.15) is 0 Å². The Kier molecular flexibility index (Phi) is 10.0. The van der Waals surface area contributed by atoms with Gasteiger partial charge in [0.1, 0.15) is 13.0 Å². The lowest BCUT2D eigenvalue weighted by Crippen LogP contribution is -2.16. The largest absolute Gasteiger partial charge is 0.465 e. The molecule has 0 radical (unpaired) electrons. The fourth-order valence-corrected chi connectivity index (χ4v) is 1.03. The molecular weight excluding hydrogens is 208 g/mol. The van der Waals surface area contributed by atoms with E-state index in [9.17, 15) is 9.59 Å². The molecule has 0 unspecified atom stereocenters. The summed E-state index contributed by atoms with van der Waals surface area (Å²) in [6, 6.07) is 0. The summed E-state index contributed by atoms with van der Waals surface area (Å²) in [7, 11) is 0. The van der Waals surface area contributed by atoms with Gasteiger partial charge in [-0.25, -0.2) is 0 Å². The van der Waals surface area contributed by atoms with E-state index in [1.807, 2.05) is 6.92 Å². The molecule has 4 nitrogen and oxygen atoms in total. The highest BCUT2D eigenvalue weighted by molar-refractivity contribution is 5.96. The number of rotatable bonds is 10. The van der Waals surface area contributed by atoms with Crippen LogP contribution in [0.25, 0.3) is 0 Å². The molecule has 0 aliphatic rings. The summed E-state index contributed by atoms with van der Waals surface area (Å²) in [6.07, 6.45) is 3.62. The van der Waals surface area contributed by atoms with Crippen LogP contribution in [-0.4, -0.2) is 31.6 Å². The molecular formula is C12H22O4. The van der Waals surface area contributed by atoms with Crippen molar-refractivity contribution in [1.82, 2.24) is 0 Å². The van der Waals surface area contributed by atoms with Crippen molar-refractivity contribution in [2.75, 3.05) is 19.8 Å². The molecule has 0 aromatic carbocycles. The van der Waals surface area contributed by atoms with Crippen molar-refractivity contribution in [2.45, 2.75) is 46.0 Å². The predicted octanol–water partition coefficient (Wildman–Crippen LogP) is 2.11. The van der Waals surface area contributed by atoms with Crippen LogP contribution < -0.4 is 0 Å². The normalized spacial score (nSPS) is 10.1. The van der Waals surface area contributed by atoms with Crippen LogP contribution in [0.2, 0.25) is 0 Å². The first kappa shape index (κ1) is 15.1. The average molecular weight is 230 g/mol. The number of unbranched alkanes of at least 4 members (excludes halogenated alkanes) is 2.